The number of amides is 2. The molecule has 112 valence electrons. The van der Waals surface area contributed by atoms with Crippen molar-refractivity contribution in [2.75, 3.05) is 5.32 Å². The third-order valence-corrected chi connectivity index (χ3v) is 3.42. The van der Waals surface area contributed by atoms with Crippen LogP contribution in [-0.2, 0) is 14.3 Å². The van der Waals surface area contributed by atoms with Gasteiger partial charge in [0.15, 0.2) is 6.10 Å². The minimum absolute atomic E-state index is 0.0882. The molecular weight excluding hydrogens is 300 g/mol. The van der Waals surface area contributed by atoms with Crippen LogP contribution in [0.2, 0.25) is 5.02 Å². The summed E-state index contributed by atoms with van der Waals surface area (Å²) in [5.74, 6) is -2.27. The number of nitrogens with two attached hydrogens (primary N) is 1. The van der Waals surface area contributed by atoms with Gasteiger partial charge in [0.1, 0.15) is 6.10 Å². The van der Waals surface area contributed by atoms with Crippen LogP contribution in [0.1, 0.15) is 23.2 Å². The fourth-order valence-electron chi connectivity index (χ4n) is 2.03. The molecule has 8 heteroatoms. The van der Waals surface area contributed by atoms with E-state index < -0.39 is 30.0 Å². The zero-order chi connectivity index (χ0) is 15.6. The van der Waals surface area contributed by atoms with Crippen molar-refractivity contribution in [3.05, 3.63) is 28.8 Å². The molecule has 0 aromatic heterocycles. The average Bonchev–Trinajstić information content (AvgIpc) is 2.90. The molecule has 1 aromatic carbocycles. The number of benzene rings is 1. The van der Waals surface area contributed by atoms with Crippen LogP contribution in [0.3, 0.4) is 0 Å². The molecule has 1 aliphatic rings. The quantitative estimate of drug-likeness (QED) is 0.766. The van der Waals surface area contributed by atoms with Gasteiger partial charge in [-0.15, -0.1) is 0 Å². The lowest BCUT2D eigenvalue weighted by atomic mass is 10.1. The van der Waals surface area contributed by atoms with Gasteiger partial charge in [0, 0.05) is 5.69 Å². The highest BCUT2D eigenvalue weighted by molar-refractivity contribution is 6.34. The van der Waals surface area contributed by atoms with E-state index in [9.17, 15) is 14.4 Å². The maximum Gasteiger partial charge on any atom is 0.332 e. The first-order chi connectivity index (χ1) is 9.88. The van der Waals surface area contributed by atoms with Crippen LogP contribution < -0.4 is 11.1 Å². The normalized spacial score (nSPS) is 21.0. The number of anilines is 1. The molecule has 7 nitrogen and oxygen atoms in total. The van der Waals surface area contributed by atoms with Gasteiger partial charge in [-0.1, -0.05) is 11.6 Å². The summed E-state index contributed by atoms with van der Waals surface area (Å²) in [5, 5.41) is 11.5. The Kier molecular flexibility index (Phi) is 4.44. The highest BCUT2D eigenvalue weighted by Gasteiger charge is 2.34. The van der Waals surface area contributed by atoms with Crippen molar-refractivity contribution in [1.82, 2.24) is 0 Å². The lowest BCUT2D eigenvalue weighted by molar-refractivity contribution is -0.150. The number of nitrogens with one attached hydrogen (secondary N) is 1. The zero-order valence-corrected chi connectivity index (χ0v) is 11.6. The van der Waals surface area contributed by atoms with Crippen molar-refractivity contribution in [3.63, 3.8) is 0 Å². The number of carboxylic acids is 1. The molecular formula is C13H13ClN2O5. The number of ether oxygens (including phenoxy) is 1. The summed E-state index contributed by atoms with van der Waals surface area (Å²) in [4.78, 5) is 33.9. The van der Waals surface area contributed by atoms with E-state index >= 15 is 0 Å². The van der Waals surface area contributed by atoms with E-state index in [1.807, 2.05) is 0 Å². The van der Waals surface area contributed by atoms with Crippen molar-refractivity contribution in [1.29, 1.82) is 0 Å². The van der Waals surface area contributed by atoms with Gasteiger partial charge in [0.25, 0.3) is 5.91 Å². The van der Waals surface area contributed by atoms with Crippen LogP contribution in [0.25, 0.3) is 0 Å². The maximum atomic E-state index is 12.0. The van der Waals surface area contributed by atoms with Crippen LogP contribution in [0.4, 0.5) is 5.69 Å². The predicted molar refractivity (Wildman–Crippen MR) is 74.1 cm³/mol. The third kappa shape index (κ3) is 3.50. The van der Waals surface area contributed by atoms with Crippen LogP contribution in [0.5, 0.6) is 0 Å². The Labute approximate surface area is 125 Å². The van der Waals surface area contributed by atoms with Gasteiger partial charge in [-0.3, -0.25) is 9.59 Å². The molecule has 0 spiro atoms. The fourth-order valence-corrected chi connectivity index (χ4v) is 2.24. The molecule has 0 radical (unpaired) electrons. The molecule has 1 saturated heterocycles. The number of aliphatic carboxylic acids is 1. The number of carbonyl (C=O) groups excluding carboxylic acids is 2. The number of rotatable bonds is 4. The lowest BCUT2D eigenvalue weighted by Crippen LogP contribution is -2.30. The summed E-state index contributed by atoms with van der Waals surface area (Å²) in [7, 11) is 0. The number of carbonyl (C=O) groups is 3. The maximum absolute atomic E-state index is 12.0. The highest BCUT2D eigenvalue weighted by atomic mass is 35.5. The Morgan fingerprint density at radius 1 is 1.29 bits per heavy atom. The second kappa shape index (κ2) is 6.11. The number of hydrogen-bond acceptors (Lipinski definition) is 4. The molecule has 2 unspecified atom stereocenters. The van der Waals surface area contributed by atoms with Gasteiger partial charge in [0.05, 0.1) is 10.6 Å². The largest absolute Gasteiger partial charge is 0.479 e. The molecule has 0 aliphatic carbocycles. The predicted octanol–water partition coefficient (Wildman–Crippen LogP) is 1.01. The molecule has 4 N–H and O–H groups in total. The Balaban J connectivity index is 2.05. The fraction of sp³-hybridized carbons (Fsp3) is 0.308. The highest BCUT2D eigenvalue weighted by Crippen LogP contribution is 2.23. The molecule has 1 aliphatic heterocycles. The van der Waals surface area contributed by atoms with E-state index in [1.54, 1.807) is 0 Å². The summed E-state index contributed by atoms with van der Waals surface area (Å²) >= 11 is 5.81. The first-order valence-corrected chi connectivity index (χ1v) is 6.54. The number of hydrogen-bond donors (Lipinski definition) is 3. The van der Waals surface area contributed by atoms with Crippen LogP contribution >= 0.6 is 11.6 Å². The molecule has 2 amide bonds. The van der Waals surface area contributed by atoms with Crippen molar-refractivity contribution in [2.45, 2.75) is 25.0 Å². The number of halogens is 1. The zero-order valence-electron chi connectivity index (χ0n) is 10.8. The van der Waals surface area contributed by atoms with E-state index in [-0.39, 0.29) is 17.0 Å². The molecule has 21 heavy (non-hydrogen) atoms. The number of primary amides is 1. The molecule has 0 saturated carbocycles. The van der Waals surface area contributed by atoms with Gasteiger partial charge < -0.3 is 20.9 Å². The van der Waals surface area contributed by atoms with Gasteiger partial charge in [0.2, 0.25) is 5.91 Å². The van der Waals surface area contributed by atoms with Crippen molar-refractivity contribution >= 4 is 35.1 Å². The van der Waals surface area contributed by atoms with Crippen molar-refractivity contribution < 1.29 is 24.2 Å². The van der Waals surface area contributed by atoms with E-state index in [1.165, 1.54) is 18.2 Å². The van der Waals surface area contributed by atoms with Crippen LogP contribution in [0.15, 0.2) is 18.2 Å². The minimum atomic E-state index is -1.09. The first-order valence-electron chi connectivity index (χ1n) is 6.17. The Morgan fingerprint density at radius 3 is 2.52 bits per heavy atom. The van der Waals surface area contributed by atoms with E-state index in [2.05, 4.69) is 5.32 Å². The summed E-state index contributed by atoms with van der Waals surface area (Å²) in [6.45, 7) is 0. The topological polar surface area (TPSA) is 119 Å². The molecule has 2 rings (SSSR count). The SMILES string of the molecule is NC(=O)c1cc(NC(=O)C2CCC(C(=O)O)O2)ccc1Cl. The van der Waals surface area contributed by atoms with E-state index in [4.69, 9.17) is 27.2 Å². The molecule has 1 heterocycles. The summed E-state index contributed by atoms with van der Waals surface area (Å²) in [6.07, 6.45) is -1.20. The molecule has 1 fully saturated rings. The number of carboxylic acid groups (broad SMARTS) is 1. The minimum Gasteiger partial charge on any atom is -0.479 e. The van der Waals surface area contributed by atoms with Crippen molar-refractivity contribution in [3.8, 4) is 0 Å². The van der Waals surface area contributed by atoms with Gasteiger partial charge >= 0.3 is 5.97 Å². The molecule has 2 atom stereocenters. The summed E-state index contributed by atoms with van der Waals surface area (Å²) < 4.78 is 5.13. The monoisotopic (exact) mass is 312 g/mol. The Hall–Kier alpha value is -2.12. The molecule has 0 bridgehead atoms. The molecule has 1 aromatic rings. The second-order valence-electron chi connectivity index (χ2n) is 4.58. The third-order valence-electron chi connectivity index (χ3n) is 3.09. The van der Waals surface area contributed by atoms with E-state index in [0.29, 0.717) is 12.1 Å². The van der Waals surface area contributed by atoms with Crippen molar-refractivity contribution in [2.24, 2.45) is 5.73 Å². The average molecular weight is 313 g/mol. The Morgan fingerprint density at radius 2 is 1.95 bits per heavy atom. The van der Waals surface area contributed by atoms with Gasteiger partial charge in [-0.25, -0.2) is 4.79 Å². The van der Waals surface area contributed by atoms with Gasteiger partial charge in [-0.05, 0) is 31.0 Å². The summed E-state index contributed by atoms with van der Waals surface area (Å²) in [5.41, 5.74) is 5.58. The lowest BCUT2D eigenvalue weighted by Gasteiger charge is -2.12. The second-order valence-corrected chi connectivity index (χ2v) is 4.98. The van der Waals surface area contributed by atoms with Crippen LogP contribution in [-0.4, -0.2) is 35.1 Å². The van der Waals surface area contributed by atoms with Gasteiger partial charge in [-0.2, -0.15) is 0 Å². The standard InChI is InChI=1S/C13H13ClN2O5/c14-8-2-1-6(5-7(8)11(15)17)16-12(18)9-3-4-10(21-9)13(19)20/h1-2,5,9-10H,3-4H2,(H2,15,17)(H,16,18)(H,19,20). The summed E-state index contributed by atoms with van der Waals surface area (Å²) in [6, 6.07) is 4.30. The van der Waals surface area contributed by atoms with Crippen LogP contribution in [0, 0.1) is 0 Å². The Bertz CT molecular complexity index is 604. The first kappa shape index (κ1) is 15.3. The van der Waals surface area contributed by atoms with E-state index in [0.717, 1.165) is 0 Å². The smallest absolute Gasteiger partial charge is 0.332 e.